The zero-order valence-electron chi connectivity index (χ0n) is 18.1. The summed E-state index contributed by atoms with van der Waals surface area (Å²) in [5.74, 6) is 1.28. The Labute approximate surface area is 183 Å². The second-order valence-corrected chi connectivity index (χ2v) is 10.5. The lowest BCUT2D eigenvalue weighted by molar-refractivity contribution is -0.00638. The molecule has 0 unspecified atom stereocenters. The number of rotatable bonds is 4. The molecule has 3 heterocycles. The van der Waals surface area contributed by atoms with E-state index in [4.69, 9.17) is 9.15 Å². The van der Waals surface area contributed by atoms with Crippen LogP contribution in [-0.2, 0) is 14.8 Å². The van der Waals surface area contributed by atoms with E-state index in [0.29, 0.717) is 49.4 Å². The molecule has 2 atom stereocenters. The maximum absolute atomic E-state index is 12.9. The van der Waals surface area contributed by atoms with Gasteiger partial charge < -0.3 is 14.1 Å². The Hall–Kier alpha value is -2.41. The third-order valence-electron chi connectivity index (χ3n) is 5.90. The minimum absolute atomic E-state index is 0.0195. The fraction of sp³-hybridized carbons (Fsp3) is 0.545. The van der Waals surface area contributed by atoms with Crippen LogP contribution in [0.1, 0.15) is 39.3 Å². The highest BCUT2D eigenvalue weighted by Gasteiger charge is 2.30. The molecule has 9 heteroatoms. The summed E-state index contributed by atoms with van der Waals surface area (Å²) in [5, 5.41) is 9.54. The molecule has 1 aromatic heterocycles. The summed E-state index contributed by atoms with van der Waals surface area (Å²) in [5.41, 5.74) is 0.846. The Morgan fingerprint density at radius 2 is 1.68 bits per heavy atom. The van der Waals surface area contributed by atoms with Gasteiger partial charge in [0.1, 0.15) is 6.07 Å². The second kappa shape index (κ2) is 8.61. The number of sulfonamides is 1. The highest BCUT2D eigenvalue weighted by atomic mass is 32.2. The van der Waals surface area contributed by atoms with Crippen LogP contribution >= 0.6 is 0 Å². The van der Waals surface area contributed by atoms with E-state index in [2.05, 4.69) is 18.0 Å². The molecule has 0 radical (unpaired) electrons. The van der Waals surface area contributed by atoms with Crippen LogP contribution in [0.2, 0.25) is 0 Å². The third-order valence-corrected chi connectivity index (χ3v) is 7.82. The first-order valence-corrected chi connectivity index (χ1v) is 12.1. The molecule has 166 valence electrons. The van der Waals surface area contributed by atoms with Crippen molar-refractivity contribution in [3.8, 4) is 17.5 Å². The molecule has 0 spiro atoms. The highest BCUT2D eigenvalue weighted by Crippen LogP contribution is 2.31. The Morgan fingerprint density at radius 1 is 1.06 bits per heavy atom. The Balaban J connectivity index is 1.57. The predicted molar refractivity (Wildman–Crippen MR) is 116 cm³/mol. The van der Waals surface area contributed by atoms with Gasteiger partial charge in [0, 0.05) is 31.7 Å². The fourth-order valence-corrected chi connectivity index (χ4v) is 5.68. The predicted octanol–water partition coefficient (Wildman–Crippen LogP) is 3.25. The van der Waals surface area contributed by atoms with Gasteiger partial charge in [-0.1, -0.05) is 6.92 Å². The number of aromatic nitrogens is 1. The molecule has 2 fully saturated rings. The molecule has 4 rings (SSSR count). The first kappa shape index (κ1) is 21.8. The molecule has 1 aromatic carbocycles. The summed E-state index contributed by atoms with van der Waals surface area (Å²) in [6.07, 6.45) is 1.80. The minimum Gasteiger partial charge on any atom is -0.419 e. The molecule has 2 aliphatic rings. The topological polar surface area (TPSA) is 99.7 Å². The van der Waals surface area contributed by atoms with Crippen molar-refractivity contribution in [1.82, 2.24) is 9.29 Å². The largest absolute Gasteiger partial charge is 0.419 e. The first-order valence-electron chi connectivity index (χ1n) is 10.7. The normalized spacial score (nSPS) is 23.6. The Morgan fingerprint density at radius 3 is 2.26 bits per heavy atom. The average molecular weight is 445 g/mol. The Bertz CT molecular complexity index is 1060. The van der Waals surface area contributed by atoms with Gasteiger partial charge in [-0.15, -0.1) is 0 Å². The molecular weight excluding hydrogens is 416 g/mol. The molecule has 0 saturated carbocycles. The number of nitriles is 1. The molecule has 0 N–H and O–H groups in total. The third kappa shape index (κ3) is 4.47. The molecule has 8 nitrogen and oxygen atoms in total. The van der Waals surface area contributed by atoms with Crippen molar-refractivity contribution in [3.63, 3.8) is 0 Å². The van der Waals surface area contributed by atoms with Gasteiger partial charge in [0.15, 0.2) is 0 Å². The van der Waals surface area contributed by atoms with Crippen LogP contribution in [-0.4, -0.2) is 56.1 Å². The van der Waals surface area contributed by atoms with Gasteiger partial charge in [-0.25, -0.2) is 8.42 Å². The number of morpholine rings is 1. The SMILES string of the molecule is CC1CCN(S(=O)(=O)c2ccc(-c3nc(C#N)c(N4C[C@H](C)O[C@@H](C)C4)o3)cc2)CC1. The van der Waals surface area contributed by atoms with Gasteiger partial charge in [-0.3, -0.25) is 0 Å². The first-order chi connectivity index (χ1) is 14.8. The van der Waals surface area contributed by atoms with Gasteiger partial charge in [-0.05, 0) is 56.9 Å². The second-order valence-electron chi connectivity index (χ2n) is 8.56. The quantitative estimate of drug-likeness (QED) is 0.714. The number of benzene rings is 1. The van der Waals surface area contributed by atoms with Crippen molar-refractivity contribution < 1.29 is 17.6 Å². The lowest BCUT2D eigenvalue weighted by Crippen LogP contribution is -2.45. The van der Waals surface area contributed by atoms with E-state index in [0.717, 1.165) is 12.8 Å². The van der Waals surface area contributed by atoms with Crippen LogP contribution < -0.4 is 4.90 Å². The van der Waals surface area contributed by atoms with Crippen molar-refractivity contribution in [2.75, 3.05) is 31.1 Å². The van der Waals surface area contributed by atoms with E-state index < -0.39 is 10.0 Å². The number of nitrogens with zero attached hydrogens (tertiary/aromatic N) is 4. The molecular formula is C22H28N4O4S. The van der Waals surface area contributed by atoms with Gasteiger partial charge in [0.2, 0.25) is 27.5 Å². The number of anilines is 1. The van der Waals surface area contributed by atoms with Crippen LogP contribution in [0.15, 0.2) is 33.6 Å². The summed E-state index contributed by atoms with van der Waals surface area (Å²) in [6, 6.07) is 8.63. The van der Waals surface area contributed by atoms with Crippen LogP contribution in [0.4, 0.5) is 5.88 Å². The summed E-state index contributed by atoms with van der Waals surface area (Å²) in [6.45, 7) is 8.44. The lowest BCUT2D eigenvalue weighted by atomic mass is 10.0. The van der Waals surface area contributed by atoms with E-state index in [1.807, 2.05) is 18.7 Å². The number of piperidine rings is 1. The monoisotopic (exact) mass is 444 g/mol. The lowest BCUT2D eigenvalue weighted by Gasteiger charge is -2.34. The summed E-state index contributed by atoms with van der Waals surface area (Å²) in [4.78, 5) is 6.58. The van der Waals surface area contributed by atoms with Crippen LogP contribution in [0.3, 0.4) is 0 Å². The van der Waals surface area contributed by atoms with Crippen molar-refractivity contribution in [1.29, 1.82) is 5.26 Å². The standard InChI is InChI=1S/C22H28N4O4S/c1-15-8-10-26(11-9-15)31(27,28)19-6-4-18(5-7-19)21-24-20(12-23)22(30-21)25-13-16(2)29-17(3)14-25/h4-7,15-17H,8-11,13-14H2,1-3H3/t16-,17-/m0/s1. The molecule has 2 saturated heterocycles. The smallest absolute Gasteiger partial charge is 0.243 e. The Kier molecular flexibility index (Phi) is 6.06. The van der Waals surface area contributed by atoms with Crippen LogP contribution in [0, 0.1) is 17.2 Å². The number of ether oxygens (including phenoxy) is 1. The van der Waals surface area contributed by atoms with Crippen molar-refractivity contribution in [2.24, 2.45) is 5.92 Å². The van der Waals surface area contributed by atoms with Gasteiger partial charge in [0.25, 0.3) is 0 Å². The maximum Gasteiger partial charge on any atom is 0.243 e. The van der Waals surface area contributed by atoms with Gasteiger partial charge in [-0.2, -0.15) is 14.6 Å². The number of oxazole rings is 1. The average Bonchev–Trinajstić information content (AvgIpc) is 3.18. The summed E-state index contributed by atoms with van der Waals surface area (Å²) in [7, 11) is -3.51. The van der Waals surface area contributed by atoms with E-state index in [-0.39, 0.29) is 22.8 Å². The fourth-order valence-electron chi connectivity index (χ4n) is 4.21. The van der Waals surface area contributed by atoms with E-state index >= 15 is 0 Å². The van der Waals surface area contributed by atoms with E-state index in [1.54, 1.807) is 28.6 Å². The van der Waals surface area contributed by atoms with E-state index in [1.165, 1.54) is 0 Å². The molecule has 0 bridgehead atoms. The number of hydrogen-bond acceptors (Lipinski definition) is 7. The molecule has 0 aliphatic carbocycles. The van der Waals surface area contributed by atoms with Crippen LogP contribution in [0.5, 0.6) is 0 Å². The summed E-state index contributed by atoms with van der Waals surface area (Å²) >= 11 is 0. The zero-order valence-corrected chi connectivity index (χ0v) is 18.9. The van der Waals surface area contributed by atoms with Crippen LogP contribution in [0.25, 0.3) is 11.5 Å². The highest BCUT2D eigenvalue weighted by molar-refractivity contribution is 7.89. The maximum atomic E-state index is 12.9. The summed E-state index contributed by atoms with van der Waals surface area (Å²) < 4.78 is 39.1. The minimum atomic E-state index is -3.51. The van der Waals surface area contributed by atoms with Crippen molar-refractivity contribution in [3.05, 3.63) is 30.0 Å². The molecule has 2 aromatic rings. The van der Waals surface area contributed by atoms with Gasteiger partial charge >= 0.3 is 0 Å². The van der Waals surface area contributed by atoms with E-state index in [9.17, 15) is 13.7 Å². The van der Waals surface area contributed by atoms with Gasteiger partial charge in [0.05, 0.1) is 17.1 Å². The van der Waals surface area contributed by atoms with Crippen molar-refractivity contribution >= 4 is 15.9 Å². The molecule has 2 aliphatic heterocycles. The molecule has 0 amide bonds. The zero-order chi connectivity index (χ0) is 22.2. The molecule has 31 heavy (non-hydrogen) atoms. The van der Waals surface area contributed by atoms with Crippen molar-refractivity contribution in [2.45, 2.75) is 50.7 Å². The number of hydrogen-bond donors (Lipinski definition) is 0.